The number of unbranched alkanes of at least 4 members (excludes halogenated alkanes) is 1. The average molecular weight is 292 g/mol. The fourth-order valence-electron chi connectivity index (χ4n) is 1.81. The van der Waals surface area contributed by atoms with Gasteiger partial charge in [0, 0.05) is 11.3 Å². The van der Waals surface area contributed by atoms with Crippen molar-refractivity contribution < 1.29 is 19.5 Å². The molecule has 6 nitrogen and oxygen atoms in total. The van der Waals surface area contributed by atoms with Gasteiger partial charge < -0.3 is 15.7 Å². The van der Waals surface area contributed by atoms with E-state index in [1.807, 2.05) is 6.92 Å². The van der Waals surface area contributed by atoms with Crippen LogP contribution in [0.5, 0.6) is 0 Å². The predicted octanol–water partition coefficient (Wildman–Crippen LogP) is 2.65. The summed E-state index contributed by atoms with van der Waals surface area (Å²) < 4.78 is 0. The molecular weight excluding hydrogens is 272 g/mol. The van der Waals surface area contributed by atoms with Gasteiger partial charge in [0.2, 0.25) is 0 Å². The van der Waals surface area contributed by atoms with Crippen molar-refractivity contribution in [3.63, 3.8) is 0 Å². The van der Waals surface area contributed by atoms with E-state index in [0.717, 1.165) is 12.8 Å². The normalized spacial score (nSPS) is 11.5. The number of anilines is 1. The molecular formula is C15H20N2O4. The zero-order valence-corrected chi connectivity index (χ0v) is 12.2. The second kappa shape index (κ2) is 8.04. The fourth-order valence-corrected chi connectivity index (χ4v) is 1.81. The van der Waals surface area contributed by atoms with Gasteiger partial charge in [-0.2, -0.15) is 0 Å². The van der Waals surface area contributed by atoms with E-state index in [2.05, 4.69) is 10.6 Å². The quantitative estimate of drug-likeness (QED) is 0.673. The highest BCUT2D eigenvalue weighted by Gasteiger charge is 2.19. The summed E-state index contributed by atoms with van der Waals surface area (Å²) in [7, 11) is 0. The minimum absolute atomic E-state index is 0.106. The van der Waals surface area contributed by atoms with Crippen molar-refractivity contribution in [1.29, 1.82) is 0 Å². The molecule has 0 saturated heterocycles. The lowest BCUT2D eigenvalue weighted by molar-refractivity contribution is -0.139. The molecule has 1 aromatic carbocycles. The lowest BCUT2D eigenvalue weighted by atomic mass is 10.1. The van der Waals surface area contributed by atoms with Crippen LogP contribution in [0.2, 0.25) is 0 Å². The van der Waals surface area contributed by atoms with Crippen LogP contribution in [-0.4, -0.2) is 28.9 Å². The number of carboxylic acids is 1. The number of carboxylic acid groups (broad SMARTS) is 1. The molecule has 21 heavy (non-hydrogen) atoms. The number of amides is 2. The summed E-state index contributed by atoms with van der Waals surface area (Å²) in [6.07, 6.45) is 1.96. The number of hydrogen-bond acceptors (Lipinski definition) is 3. The molecule has 6 heteroatoms. The number of carbonyl (C=O) groups excluding carboxylic acids is 2. The summed E-state index contributed by atoms with van der Waals surface area (Å²) in [5.41, 5.74) is 0.924. The maximum Gasteiger partial charge on any atom is 0.326 e. The van der Waals surface area contributed by atoms with Crippen LogP contribution in [-0.2, 0) is 4.79 Å². The maximum atomic E-state index is 11.8. The second-order valence-corrected chi connectivity index (χ2v) is 4.77. The number of carbonyl (C=O) groups is 3. The van der Waals surface area contributed by atoms with Crippen molar-refractivity contribution in [1.82, 2.24) is 5.32 Å². The van der Waals surface area contributed by atoms with Gasteiger partial charge in [0.15, 0.2) is 5.78 Å². The van der Waals surface area contributed by atoms with E-state index in [1.165, 1.54) is 6.92 Å². The Balaban J connectivity index is 2.65. The Morgan fingerprint density at radius 3 is 2.57 bits per heavy atom. The summed E-state index contributed by atoms with van der Waals surface area (Å²) in [6.45, 7) is 3.39. The van der Waals surface area contributed by atoms with Crippen LogP contribution in [0, 0.1) is 0 Å². The monoisotopic (exact) mass is 292 g/mol. The summed E-state index contributed by atoms with van der Waals surface area (Å²) in [5.74, 6) is -1.17. The molecule has 0 saturated carbocycles. The molecule has 1 rings (SSSR count). The Morgan fingerprint density at radius 1 is 1.29 bits per heavy atom. The molecule has 0 fully saturated rings. The second-order valence-electron chi connectivity index (χ2n) is 4.77. The van der Waals surface area contributed by atoms with Crippen molar-refractivity contribution in [3.05, 3.63) is 29.8 Å². The van der Waals surface area contributed by atoms with E-state index < -0.39 is 18.0 Å². The van der Waals surface area contributed by atoms with Crippen LogP contribution in [0.1, 0.15) is 43.5 Å². The molecule has 0 aliphatic heterocycles. The Labute approximate surface area is 123 Å². The molecule has 0 radical (unpaired) electrons. The molecule has 0 spiro atoms. The minimum Gasteiger partial charge on any atom is -0.480 e. The standard InChI is InChI=1S/C15H20N2O4/c1-3-4-8-13(14(19)20)17-15(21)16-12-7-5-6-11(9-12)10(2)18/h5-7,9,13H,3-4,8H2,1-2H3,(H,19,20)(H2,16,17,21)/t13-/m0/s1. The smallest absolute Gasteiger partial charge is 0.326 e. The van der Waals surface area contributed by atoms with Crippen molar-refractivity contribution in [2.45, 2.75) is 39.2 Å². The number of benzene rings is 1. The highest BCUT2D eigenvalue weighted by atomic mass is 16.4. The number of aliphatic carboxylic acids is 1. The van der Waals surface area contributed by atoms with Gasteiger partial charge in [-0.25, -0.2) is 9.59 Å². The first kappa shape index (κ1) is 16.7. The van der Waals surface area contributed by atoms with E-state index in [9.17, 15) is 14.4 Å². The molecule has 0 aliphatic carbocycles. The average Bonchev–Trinajstić information content (AvgIpc) is 2.43. The van der Waals surface area contributed by atoms with Crippen LogP contribution in [0.4, 0.5) is 10.5 Å². The molecule has 0 aliphatic rings. The topological polar surface area (TPSA) is 95.5 Å². The van der Waals surface area contributed by atoms with Crippen LogP contribution in [0.25, 0.3) is 0 Å². The van der Waals surface area contributed by atoms with Gasteiger partial charge in [-0.05, 0) is 25.5 Å². The van der Waals surface area contributed by atoms with Gasteiger partial charge in [-0.3, -0.25) is 4.79 Å². The van der Waals surface area contributed by atoms with E-state index >= 15 is 0 Å². The number of nitrogens with one attached hydrogen (secondary N) is 2. The van der Waals surface area contributed by atoms with Crippen LogP contribution < -0.4 is 10.6 Å². The van der Waals surface area contributed by atoms with Crippen molar-refractivity contribution in [2.75, 3.05) is 5.32 Å². The zero-order chi connectivity index (χ0) is 15.8. The first-order valence-corrected chi connectivity index (χ1v) is 6.85. The lowest BCUT2D eigenvalue weighted by Crippen LogP contribution is -2.42. The van der Waals surface area contributed by atoms with Gasteiger partial charge in [-0.15, -0.1) is 0 Å². The first-order chi connectivity index (χ1) is 9.93. The van der Waals surface area contributed by atoms with E-state index in [-0.39, 0.29) is 5.78 Å². The van der Waals surface area contributed by atoms with Crippen LogP contribution in [0.3, 0.4) is 0 Å². The van der Waals surface area contributed by atoms with Gasteiger partial charge in [-0.1, -0.05) is 31.9 Å². The summed E-state index contributed by atoms with van der Waals surface area (Å²) >= 11 is 0. The number of hydrogen-bond donors (Lipinski definition) is 3. The highest BCUT2D eigenvalue weighted by Crippen LogP contribution is 2.11. The SMILES string of the molecule is CCCC[C@H](NC(=O)Nc1cccc(C(C)=O)c1)C(=O)O. The van der Waals surface area contributed by atoms with E-state index in [4.69, 9.17) is 5.11 Å². The molecule has 0 bridgehead atoms. The molecule has 2 amide bonds. The number of ketones is 1. The molecule has 0 unspecified atom stereocenters. The van der Waals surface area contributed by atoms with Crippen molar-refractivity contribution >= 4 is 23.5 Å². The third-order valence-corrected chi connectivity index (χ3v) is 2.98. The third-order valence-electron chi connectivity index (χ3n) is 2.98. The Morgan fingerprint density at radius 2 is 2.00 bits per heavy atom. The largest absolute Gasteiger partial charge is 0.480 e. The van der Waals surface area contributed by atoms with Crippen LogP contribution in [0.15, 0.2) is 24.3 Å². The molecule has 1 aromatic rings. The summed E-state index contributed by atoms with van der Waals surface area (Å²) in [6, 6.07) is 4.96. The van der Waals surface area contributed by atoms with Gasteiger partial charge in [0.1, 0.15) is 6.04 Å². The first-order valence-electron chi connectivity index (χ1n) is 6.85. The van der Waals surface area contributed by atoms with Gasteiger partial charge in [0.25, 0.3) is 0 Å². The zero-order valence-electron chi connectivity index (χ0n) is 12.2. The van der Waals surface area contributed by atoms with Gasteiger partial charge in [0.05, 0.1) is 0 Å². The number of Topliss-reactive ketones (excluding diaryl/α,β-unsaturated/α-hetero) is 1. The van der Waals surface area contributed by atoms with Gasteiger partial charge >= 0.3 is 12.0 Å². The molecule has 3 N–H and O–H groups in total. The molecule has 0 aromatic heterocycles. The highest BCUT2D eigenvalue weighted by molar-refractivity contribution is 5.97. The minimum atomic E-state index is -1.06. The summed E-state index contributed by atoms with van der Waals surface area (Å²) in [4.78, 5) is 34.1. The number of urea groups is 1. The molecule has 114 valence electrons. The van der Waals surface area contributed by atoms with Crippen molar-refractivity contribution in [3.8, 4) is 0 Å². The Kier molecular flexibility index (Phi) is 6.39. The predicted molar refractivity (Wildman–Crippen MR) is 79.5 cm³/mol. The Hall–Kier alpha value is -2.37. The lowest BCUT2D eigenvalue weighted by Gasteiger charge is -2.15. The van der Waals surface area contributed by atoms with Crippen molar-refractivity contribution in [2.24, 2.45) is 0 Å². The van der Waals surface area contributed by atoms with E-state index in [1.54, 1.807) is 24.3 Å². The van der Waals surface area contributed by atoms with E-state index in [0.29, 0.717) is 17.7 Å². The summed E-state index contributed by atoms with van der Waals surface area (Å²) in [5, 5.41) is 14.0. The third kappa shape index (κ3) is 5.64. The fraction of sp³-hybridized carbons (Fsp3) is 0.400. The van der Waals surface area contributed by atoms with Crippen LogP contribution >= 0.6 is 0 Å². The maximum absolute atomic E-state index is 11.8. The molecule has 0 heterocycles. The Bertz CT molecular complexity index is 528. The number of rotatable bonds is 7. The molecule has 1 atom stereocenters.